The zero-order chi connectivity index (χ0) is 25.3. The Morgan fingerprint density at radius 1 is 1.15 bits per heavy atom. The molecule has 0 saturated heterocycles. The maximum absolute atomic E-state index is 12.3. The van der Waals surface area contributed by atoms with Crippen LogP contribution in [0.15, 0.2) is 40.2 Å². The van der Waals surface area contributed by atoms with E-state index in [-0.39, 0.29) is 17.7 Å². The standard InChI is InChI=1S/C25H33ClN4O3S/c1-8-18(28-23(32-24(2,3)4)33-25(5,6)7)17-13-16(26)10-9-15(17)14-30-19-11-12-27-20(19)21(31)29-22(30)34/h9-13,18,27H,8,14H2,1-7H3,(H,29,31,34)/t18-/m1/s1. The Labute approximate surface area is 210 Å². The van der Waals surface area contributed by atoms with Gasteiger partial charge in [0, 0.05) is 11.2 Å². The highest BCUT2D eigenvalue weighted by atomic mass is 35.5. The summed E-state index contributed by atoms with van der Waals surface area (Å²) >= 11 is 11.9. The molecule has 3 aromatic rings. The fourth-order valence-corrected chi connectivity index (χ4v) is 3.99. The van der Waals surface area contributed by atoms with Crippen molar-refractivity contribution in [3.05, 3.63) is 61.7 Å². The Morgan fingerprint density at radius 3 is 2.38 bits per heavy atom. The number of H-pyrrole nitrogens is 2. The second-order valence-electron chi connectivity index (χ2n) is 10.2. The van der Waals surface area contributed by atoms with Gasteiger partial charge in [0.15, 0.2) is 4.77 Å². The minimum absolute atomic E-state index is 0.239. The summed E-state index contributed by atoms with van der Waals surface area (Å²) in [4.78, 5) is 22.9. The van der Waals surface area contributed by atoms with Crippen LogP contribution >= 0.6 is 23.8 Å². The van der Waals surface area contributed by atoms with Crippen molar-refractivity contribution >= 4 is 40.9 Å². The van der Waals surface area contributed by atoms with Gasteiger partial charge in [0.1, 0.15) is 16.7 Å². The van der Waals surface area contributed by atoms with Crippen LogP contribution in [0.4, 0.5) is 0 Å². The van der Waals surface area contributed by atoms with E-state index >= 15 is 0 Å². The van der Waals surface area contributed by atoms with Gasteiger partial charge < -0.3 is 19.0 Å². The van der Waals surface area contributed by atoms with Gasteiger partial charge in [-0.05, 0) is 89.5 Å². The normalized spacial score (nSPS) is 13.1. The van der Waals surface area contributed by atoms with Crippen LogP contribution in [0.2, 0.25) is 5.02 Å². The van der Waals surface area contributed by atoms with Crippen LogP contribution in [-0.4, -0.2) is 31.8 Å². The van der Waals surface area contributed by atoms with E-state index in [0.717, 1.165) is 16.6 Å². The predicted octanol–water partition coefficient (Wildman–Crippen LogP) is 6.53. The number of fused-ring (bicyclic) bond motifs is 1. The number of hydrogen-bond donors (Lipinski definition) is 2. The number of halogens is 1. The Balaban J connectivity index is 2.10. The molecule has 2 aromatic heterocycles. The van der Waals surface area contributed by atoms with Gasteiger partial charge in [0.05, 0.1) is 18.1 Å². The summed E-state index contributed by atoms with van der Waals surface area (Å²) in [5.74, 6) is 0. The van der Waals surface area contributed by atoms with Gasteiger partial charge in [-0.1, -0.05) is 24.6 Å². The second-order valence-corrected chi connectivity index (χ2v) is 11.0. The van der Waals surface area contributed by atoms with Gasteiger partial charge in [-0.3, -0.25) is 9.78 Å². The number of aromatic amines is 2. The van der Waals surface area contributed by atoms with Gasteiger partial charge in [-0.2, -0.15) is 0 Å². The van der Waals surface area contributed by atoms with Gasteiger partial charge >= 0.3 is 6.08 Å². The molecule has 184 valence electrons. The van der Waals surface area contributed by atoms with Crippen molar-refractivity contribution in [1.82, 2.24) is 14.5 Å². The molecule has 0 unspecified atom stereocenters. The lowest BCUT2D eigenvalue weighted by molar-refractivity contribution is 0.00795. The summed E-state index contributed by atoms with van der Waals surface area (Å²) in [7, 11) is 0. The van der Waals surface area contributed by atoms with E-state index < -0.39 is 11.2 Å². The second kappa shape index (κ2) is 9.96. The van der Waals surface area contributed by atoms with E-state index in [9.17, 15) is 4.79 Å². The molecule has 9 heteroatoms. The van der Waals surface area contributed by atoms with Crippen LogP contribution in [0.25, 0.3) is 11.0 Å². The average Bonchev–Trinajstić information content (AvgIpc) is 3.18. The first-order valence-electron chi connectivity index (χ1n) is 11.3. The summed E-state index contributed by atoms with van der Waals surface area (Å²) in [5.41, 5.74) is 1.96. The highest BCUT2D eigenvalue weighted by molar-refractivity contribution is 7.71. The van der Waals surface area contributed by atoms with E-state index in [0.29, 0.717) is 28.3 Å². The highest BCUT2D eigenvalue weighted by Gasteiger charge is 2.24. The third-order valence-corrected chi connectivity index (χ3v) is 5.50. The summed E-state index contributed by atoms with van der Waals surface area (Å²) in [6.45, 7) is 14.3. The van der Waals surface area contributed by atoms with Crippen molar-refractivity contribution in [2.45, 2.75) is 78.7 Å². The number of ether oxygens (including phenoxy) is 2. The molecule has 0 amide bonds. The summed E-state index contributed by atoms with van der Waals surface area (Å²) in [6.07, 6.45) is 2.67. The van der Waals surface area contributed by atoms with Crippen LogP contribution in [-0.2, 0) is 16.0 Å². The lowest BCUT2D eigenvalue weighted by Gasteiger charge is -2.28. The molecule has 0 bridgehead atoms. The van der Waals surface area contributed by atoms with Gasteiger partial charge in [-0.25, -0.2) is 4.99 Å². The smallest absolute Gasteiger partial charge is 0.385 e. The molecule has 1 atom stereocenters. The monoisotopic (exact) mass is 504 g/mol. The molecule has 0 saturated carbocycles. The van der Waals surface area contributed by atoms with Crippen molar-refractivity contribution < 1.29 is 9.47 Å². The zero-order valence-electron chi connectivity index (χ0n) is 20.8. The summed E-state index contributed by atoms with van der Waals surface area (Å²) in [5, 5.41) is 0.610. The number of nitrogens with one attached hydrogen (secondary N) is 2. The molecule has 34 heavy (non-hydrogen) atoms. The lowest BCUT2D eigenvalue weighted by Crippen LogP contribution is -2.32. The van der Waals surface area contributed by atoms with E-state index in [1.54, 1.807) is 6.20 Å². The van der Waals surface area contributed by atoms with Crippen LogP contribution in [0.3, 0.4) is 0 Å². The largest absolute Gasteiger partial charge is 0.445 e. The lowest BCUT2D eigenvalue weighted by atomic mass is 9.98. The summed E-state index contributed by atoms with van der Waals surface area (Å²) in [6, 6.07) is 7.32. The molecule has 0 spiro atoms. The van der Waals surface area contributed by atoms with E-state index in [2.05, 4.69) is 16.9 Å². The van der Waals surface area contributed by atoms with Crippen molar-refractivity contribution in [2.24, 2.45) is 4.99 Å². The first kappa shape index (κ1) is 26.0. The fraction of sp³-hybridized carbons (Fsp3) is 0.480. The zero-order valence-corrected chi connectivity index (χ0v) is 22.4. The molecule has 0 aliphatic carbocycles. The van der Waals surface area contributed by atoms with Crippen molar-refractivity contribution in [3.8, 4) is 0 Å². The maximum Gasteiger partial charge on any atom is 0.385 e. The number of hydrogen-bond acceptors (Lipinski definition) is 5. The Hall–Kier alpha value is -2.58. The fourth-order valence-electron chi connectivity index (χ4n) is 3.56. The van der Waals surface area contributed by atoms with Crippen LogP contribution in [0.1, 0.15) is 72.1 Å². The first-order valence-corrected chi connectivity index (χ1v) is 12.1. The average molecular weight is 505 g/mol. The molecule has 3 rings (SSSR count). The Kier molecular flexibility index (Phi) is 7.62. The first-order chi connectivity index (χ1) is 15.8. The number of nitrogens with zero attached hydrogens (tertiary/aromatic N) is 2. The molecular weight excluding hydrogens is 472 g/mol. The number of aliphatic imine (C=N–C) groups is 1. The van der Waals surface area contributed by atoms with E-state index in [4.69, 9.17) is 38.3 Å². The van der Waals surface area contributed by atoms with Crippen molar-refractivity contribution in [1.29, 1.82) is 0 Å². The third kappa shape index (κ3) is 6.51. The molecule has 1 aromatic carbocycles. The number of aromatic nitrogens is 3. The van der Waals surface area contributed by atoms with Gasteiger partial charge in [-0.15, -0.1) is 0 Å². The van der Waals surface area contributed by atoms with Gasteiger partial charge in [0.2, 0.25) is 0 Å². The predicted molar refractivity (Wildman–Crippen MR) is 140 cm³/mol. The Morgan fingerprint density at radius 2 is 1.79 bits per heavy atom. The number of benzene rings is 1. The third-order valence-electron chi connectivity index (χ3n) is 4.94. The minimum atomic E-state index is -0.470. The topological polar surface area (TPSA) is 84.4 Å². The van der Waals surface area contributed by atoms with Crippen LogP contribution in [0.5, 0.6) is 0 Å². The molecule has 7 nitrogen and oxygen atoms in total. The Bertz CT molecular complexity index is 1290. The molecule has 0 radical (unpaired) electrons. The van der Waals surface area contributed by atoms with Crippen LogP contribution < -0.4 is 5.56 Å². The quantitative estimate of drug-likeness (QED) is 0.235. The van der Waals surface area contributed by atoms with E-state index in [1.807, 2.05) is 70.4 Å². The maximum atomic E-state index is 12.3. The molecule has 0 aliphatic rings. The SMILES string of the molecule is CC[C@@H](N=C(OC(C)(C)C)OC(C)(C)C)c1cc(Cl)ccc1Cn1c(=S)[nH]c(=O)c2[nH]ccc21. The van der Waals surface area contributed by atoms with E-state index in [1.165, 1.54) is 0 Å². The molecule has 2 heterocycles. The van der Waals surface area contributed by atoms with Crippen molar-refractivity contribution in [3.63, 3.8) is 0 Å². The van der Waals surface area contributed by atoms with Crippen LogP contribution in [0, 0.1) is 4.77 Å². The minimum Gasteiger partial charge on any atom is -0.445 e. The van der Waals surface area contributed by atoms with Gasteiger partial charge in [0.25, 0.3) is 5.56 Å². The molecular formula is C25H33ClN4O3S. The summed E-state index contributed by atoms with van der Waals surface area (Å²) < 4.78 is 14.4. The number of rotatable bonds is 5. The molecule has 2 N–H and O–H groups in total. The molecule has 0 aliphatic heterocycles. The van der Waals surface area contributed by atoms with Crippen molar-refractivity contribution in [2.75, 3.05) is 0 Å². The molecule has 0 fully saturated rings. The highest BCUT2D eigenvalue weighted by Crippen LogP contribution is 2.30.